The smallest absolute Gasteiger partial charge is 0.251 e. The molecule has 1 aliphatic heterocycles. The maximum Gasteiger partial charge on any atom is 0.251 e. The Morgan fingerprint density at radius 3 is 2.89 bits per heavy atom. The summed E-state index contributed by atoms with van der Waals surface area (Å²) in [5, 5.41) is 3.14. The monoisotopic (exact) mass is 246 g/mol. The number of nitrogens with one attached hydrogen (secondary N) is 1. The van der Waals surface area contributed by atoms with Crippen LogP contribution in [-0.4, -0.2) is 36.5 Å². The number of carbonyl (C=O) groups excluding carboxylic acids is 1. The van der Waals surface area contributed by atoms with Crippen LogP contribution in [0.1, 0.15) is 36.5 Å². The van der Waals surface area contributed by atoms with Crippen LogP contribution in [0.3, 0.4) is 0 Å². The van der Waals surface area contributed by atoms with Gasteiger partial charge in [0, 0.05) is 18.2 Å². The van der Waals surface area contributed by atoms with Crippen molar-refractivity contribution in [2.24, 2.45) is 0 Å². The van der Waals surface area contributed by atoms with Gasteiger partial charge in [0.25, 0.3) is 5.91 Å². The number of rotatable bonds is 4. The summed E-state index contributed by atoms with van der Waals surface area (Å²) < 4.78 is 0. The van der Waals surface area contributed by atoms with E-state index in [-0.39, 0.29) is 5.91 Å². The molecule has 3 nitrogen and oxygen atoms in total. The molecule has 1 aromatic carbocycles. The molecule has 0 radical (unpaired) electrons. The fraction of sp³-hybridized carbons (Fsp3) is 0.533. The van der Waals surface area contributed by atoms with Gasteiger partial charge in [-0.1, -0.05) is 25.1 Å². The number of amides is 1. The molecule has 3 heteroatoms. The molecule has 2 rings (SSSR count). The van der Waals surface area contributed by atoms with Crippen molar-refractivity contribution in [3.63, 3.8) is 0 Å². The molecule has 18 heavy (non-hydrogen) atoms. The van der Waals surface area contributed by atoms with Crippen LogP contribution in [0.25, 0.3) is 0 Å². The number of benzene rings is 1. The van der Waals surface area contributed by atoms with Gasteiger partial charge in [-0.25, -0.2) is 0 Å². The topological polar surface area (TPSA) is 32.3 Å². The van der Waals surface area contributed by atoms with Crippen LogP contribution in [0.4, 0.5) is 0 Å². The van der Waals surface area contributed by atoms with Crippen molar-refractivity contribution in [1.29, 1.82) is 0 Å². The van der Waals surface area contributed by atoms with Gasteiger partial charge < -0.3 is 10.2 Å². The van der Waals surface area contributed by atoms with E-state index < -0.39 is 0 Å². The van der Waals surface area contributed by atoms with Crippen molar-refractivity contribution < 1.29 is 4.79 Å². The summed E-state index contributed by atoms with van der Waals surface area (Å²) in [4.78, 5) is 14.5. The van der Waals surface area contributed by atoms with Crippen molar-refractivity contribution in [2.75, 3.05) is 19.6 Å². The van der Waals surface area contributed by atoms with E-state index in [1.807, 2.05) is 30.3 Å². The van der Waals surface area contributed by atoms with E-state index in [1.165, 1.54) is 19.4 Å². The van der Waals surface area contributed by atoms with Crippen LogP contribution in [0.15, 0.2) is 30.3 Å². The molecule has 1 unspecified atom stereocenters. The molecule has 1 fully saturated rings. The second-order valence-corrected chi connectivity index (χ2v) is 4.98. The molecular formula is C15H22N2O. The first-order chi connectivity index (χ1) is 8.79. The van der Waals surface area contributed by atoms with Crippen LogP contribution in [0.2, 0.25) is 0 Å². The quantitative estimate of drug-likeness (QED) is 0.884. The Balaban J connectivity index is 1.87. The lowest BCUT2D eigenvalue weighted by Gasteiger charge is -2.32. The lowest BCUT2D eigenvalue weighted by Crippen LogP contribution is -2.47. The molecular weight excluding hydrogens is 224 g/mol. The third kappa shape index (κ3) is 3.57. The fourth-order valence-electron chi connectivity index (χ4n) is 2.55. The van der Waals surface area contributed by atoms with E-state index in [2.05, 4.69) is 17.1 Å². The Bertz CT molecular complexity index is 375. The summed E-state index contributed by atoms with van der Waals surface area (Å²) in [6, 6.07) is 9.76. The second kappa shape index (κ2) is 6.55. The molecule has 1 aromatic rings. The van der Waals surface area contributed by atoms with E-state index >= 15 is 0 Å². The Hall–Kier alpha value is -1.35. The van der Waals surface area contributed by atoms with E-state index in [1.54, 1.807) is 0 Å². The van der Waals surface area contributed by atoms with Gasteiger partial charge in [-0.15, -0.1) is 0 Å². The minimum atomic E-state index is 0.0546. The van der Waals surface area contributed by atoms with Crippen molar-refractivity contribution in [1.82, 2.24) is 10.2 Å². The first-order valence-electron chi connectivity index (χ1n) is 6.88. The normalized spacial score (nSPS) is 20.6. The van der Waals surface area contributed by atoms with Gasteiger partial charge in [-0.05, 0) is 44.5 Å². The maximum absolute atomic E-state index is 12.0. The van der Waals surface area contributed by atoms with Crippen LogP contribution in [-0.2, 0) is 0 Å². The molecule has 1 N–H and O–H groups in total. The SMILES string of the molecule is CCCN1CCCC(NC(=O)c2ccccc2)C1. The van der Waals surface area contributed by atoms with Gasteiger partial charge in [-0.3, -0.25) is 4.79 Å². The zero-order chi connectivity index (χ0) is 12.8. The Labute approximate surface area is 109 Å². The first kappa shape index (κ1) is 13.1. The third-order valence-corrected chi connectivity index (χ3v) is 3.42. The summed E-state index contributed by atoms with van der Waals surface area (Å²) >= 11 is 0. The first-order valence-corrected chi connectivity index (χ1v) is 6.88. The average Bonchev–Trinajstić information content (AvgIpc) is 2.40. The summed E-state index contributed by atoms with van der Waals surface area (Å²) in [5.41, 5.74) is 0.755. The van der Waals surface area contributed by atoms with E-state index in [9.17, 15) is 4.79 Å². The molecule has 0 aromatic heterocycles. The number of carbonyl (C=O) groups is 1. The van der Waals surface area contributed by atoms with E-state index in [0.717, 1.165) is 25.1 Å². The lowest BCUT2D eigenvalue weighted by atomic mass is 10.0. The molecule has 1 heterocycles. The summed E-state index contributed by atoms with van der Waals surface area (Å²) in [6.45, 7) is 5.50. The van der Waals surface area contributed by atoms with Gasteiger partial charge in [0.2, 0.25) is 0 Å². The van der Waals surface area contributed by atoms with E-state index in [4.69, 9.17) is 0 Å². The number of hydrogen-bond donors (Lipinski definition) is 1. The standard InChI is InChI=1S/C15H22N2O/c1-2-10-17-11-6-9-14(12-17)16-15(18)13-7-4-3-5-8-13/h3-5,7-8,14H,2,6,9-12H2,1H3,(H,16,18). The summed E-state index contributed by atoms with van der Waals surface area (Å²) in [7, 11) is 0. The van der Waals surface area contributed by atoms with Crippen molar-refractivity contribution in [3.05, 3.63) is 35.9 Å². The Morgan fingerprint density at radius 2 is 2.17 bits per heavy atom. The third-order valence-electron chi connectivity index (χ3n) is 3.42. The minimum Gasteiger partial charge on any atom is -0.348 e. The van der Waals surface area contributed by atoms with Crippen LogP contribution in [0, 0.1) is 0 Å². The maximum atomic E-state index is 12.0. The number of piperidine rings is 1. The Kier molecular flexibility index (Phi) is 4.76. The number of hydrogen-bond acceptors (Lipinski definition) is 2. The summed E-state index contributed by atoms with van der Waals surface area (Å²) in [5.74, 6) is 0.0546. The Morgan fingerprint density at radius 1 is 1.39 bits per heavy atom. The van der Waals surface area contributed by atoms with Gasteiger partial charge in [0.05, 0.1) is 0 Å². The molecule has 1 amide bonds. The van der Waals surface area contributed by atoms with Gasteiger partial charge >= 0.3 is 0 Å². The minimum absolute atomic E-state index is 0.0546. The molecule has 1 aliphatic rings. The fourth-order valence-corrected chi connectivity index (χ4v) is 2.55. The lowest BCUT2D eigenvalue weighted by molar-refractivity contribution is 0.0904. The molecule has 0 bridgehead atoms. The molecule has 0 spiro atoms. The number of likely N-dealkylation sites (tertiary alicyclic amines) is 1. The zero-order valence-corrected chi connectivity index (χ0v) is 11.1. The predicted octanol–water partition coefficient (Wildman–Crippen LogP) is 2.29. The van der Waals surface area contributed by atoms with Crippen LogP contribution >= 0.6 is 0 Å². The van der Waals surface area contributed by atoms with Crippen LogP contribution in [0.5, 0.6) is 0 Å². The highest BCUT2D eigenvalue weighted by Gasteiger charge is 2.20. The molecule has 98 valence electrons. The molecule has 0 saturated carbocycles. The molecule has 0 aliphatic carbocycles. The summed E-state index contributed by atoms with van der Waals surface area (Å²) in [6.07, 6.45) is 3.46. The average molecular weight is 246 g/mol. The van der Waals surface area contributed by atoms with E-state index in [0.29, 0.717) is 6.04 Å². The van der Waals surface area contributed by atoms with Crippen molar-refractivity contribution in [2.45, 2.75) is 32.2 Å². The highest BCUT2D eigenvalue weighted by molar-refractivity contribution is 5.94. The second-order valence-electron chi connectivity index (χ2n) is 4.98. The van der Waals surface area contributed by atoms with Crippen LogP contribution < -0.4 is 5.32 Å². The van der Waals surface area contributed by atoms with Crippen molar-refractivity contribution in [3.8, 4) is 0 Å². The van der Waals surface area contributed by atoms with Gasteiger partial charge in [0.1, 0.15) is 0 Å². The zero-order valence-electron chi connectivity index (χ0n) is 11.1. The van der Waals surface area contributed by atoms with Crippen molar-refractivity contribution >= 4 is 5.91 Å². The highest BCUT2D eigenvalue weighted by atomic mass is 16.1. The predicted molar refractivity (Wildman–Crippen MR) is 73.7 cm³/mol. The largest absolute Gasteiger partial charge is 0.348 e. The van der Waals surface area contributed by atoms with Gasteiger partial charge in [0.15, 0.2) is 0 Å². The number of nitrogens with zero attached hydrogens (tertiary/aromatic N) is 1. The molecule has 1 saturated heterocycles. The van der Waals surface area contributed by atoms with Gasteiger partial charge in [-0.2, -0.15) is 0 Å². The highest BCUT2D eigenvalue weighted by Crippen LogP contribution is 2.11. The molecule has 1 atom stereocenters.